The highest BCUT2D eigenvalue weighted by Crippen LogP contribution is 2.45. The highest BCUT2D eigenvalue weighted by Gasteiger charge is 2.39. The van der Waals surface area contributed by atoms with Gasteiger partial charge in [-0.15, -0.1) is 0 Å². The Bertz CT molecular complexity index is 189. The molecule has 0 saturated heterocycles. The SMILES string of the molecule is C/C(N)=C/C1C(C)C(C)C(C)C1C. The molecule has 1 aliphatic carbocycles. The third-order valence-corrected chi connectivity index (χ3v) is 4.16. The summed E-state index contributed by atoms with van der Waals surface area (Å²) in [4.78, 5) is 0. The highest BCUT2D eigenvalue weighted by atomic mass is 14.6. The van der Waals surface area contributed by atoms with Gasteiger partial charge in [0, 0.05) is 5.70 Å². The van der Waals surface area contributed by atoms with Crippen LogP contribution < -0.4 is 5.73 Å². The summed E-state index contributed by atoms with van der Waals surface area (Å²) in [5.74, 6) is 3.91. The Morgan fingerprint density at radius 2 is 1.31 bits per heavy atom. The first-order valence-electron chi connectivity index (χ1n) is 5.39. The van der Waals surface area contributed by atoms with E-state index in [0.29, 0.717) is 5.92 Å². The minimum atomic E-state index is 0.690. The van der Waals surface area contributed by atoms with Gasteiger partial charge in [0.1, 0.15) is 0 Å². The van der Waals surface area contributed by atoms with Crippen LogP contribution in [0.1, 0.15) is 34.6 Å². The van der Waals surface area contributed by atoms with Crippen molar-refractivity contribution in [2.75, 3.05) is 0 Å². The zero-order chi connectivity index (χ0) is 10.2. The zero-order valence-corrected chi connectivity index (χ0v) is 9.54. The van der Waals surface area contributed by atoms with E-state index in [1.54, 1.807) is 0 Å². The Morgan fingerprint density at radius 1 is 0.923 bits per heavy atom. The van der Waals surface area contributed by atoms with Crippen molar-refractivity contribution in [2.24, 2.45) is 35.3 Å². The molecule has 0 radical (unpaired) electrons. The first kappa shape index (κ1) is 10.6. The van der Waals surface area contributed by atoms with Crippen LogP contribution in [0.5, 0.6) is 0 Å². The van der Waals surface area contributed by atoms with Gasteiger partial charge in [-0.3, -0.25) is 0 Å². The summed E-state index contributed by atoms with van der Waals surface area (Å²) < 4.78 is 0. The fourth-order valence-corrected chi connectivity index (χ4v) is 2.74. The van der Waals surface area contributed by atoms with Gasteiger partial charge in [0.05, 0.1) is 0 Å². The molecule has 0 amide bonds. The topological polar surface area (TPSA) is 26.0 Å². The summed E-state index contributed by atoms with van der Waals surface area (Å²) in [6, 6.07) is 0. The standard InChI is InChI=1S/C12H23N/c1-7(13)6-12-10(4)8(2)9(3)11(12)5/h6,8-12H,13H2,1-5H3/b7-6-. The van der Waals surface area contributed by atoms with E-state index >= 15 is 0 Å². The van der Waals surface area contributed by atoms with E-state index in [1.807, 2.05) is 6.92 Å². The molecular formula is C12H23N. The maximum Gasteiger partial charge on any atom is 0.00114 e. The van der Waals surface area contributed by atoms with Crippen LogP contribution in [0.2, 0.25) is 0 Å². The van der Waals surface area contributed by atoms with Crippen molar-refractivity contribution < 1.29 is 0 Å². The number of allylic oxidation sites excluding steroid dienone is 2. The number of rotatable bonds is 1. The Hall–Kier alpha value is -0.460. The van der Waals surface area contributed by atoms with Crippen LogP contribution in [0.25, 0.3) is 0 Å². The lowest BCUT2D eigenvalue weighted by Gasteiger charge is -2.17. The van der Waals surface area contributed by atoms with Crippen molar-refractivity contribution in [3.63, 3.8) is 0 Å². The first-order valence-corrected chi connectivity index (χ1v) is 5.39. The molecule has 1 aliphatic rings. The van der Waals surface area contributed by atoms with Gasteiger partial charge in [-0.05, 0) is 36.5 Å². The molecule has 0 heterocycles. The fraction of sp³-hybridized carbons (Fsp3) is 0.833. The Morgan fingerprint density at radius 3 is 1.62 bits per heavy atom. The quantitative estimate of drug-likeness (QED) is 0.661. The van der Waals surface area contributed by atoms with Crippen molar-refractivity contribution in [1.82, 2.24) is 0 Å². The molecule has 0 aromatic rings. The van der Waals surface area contributed by atoms with Crippen LogP contribution in [0, 0.1) is 29.6 Å². The number of hydrogen-bond acceptors (Lipinski definition) is 1. The van der Waals surface area contributed by atoms with E-state index < -0.39 is 0 Å². The average molecular weight is 181 g/mol. The highest BCUT2D eigenvalue weighted by molar-refractivity contribution is 5.04. The Balaban J connectivity index is 2.81. The Labute approximate surface area is 82.4 Å². The lowest BCUT2D eigenvalue weighted by atomic mass is 9.89. The minimum Gasteiger partial charge on any atom is -0.403 e. The second-order valence-corrected chi connectivity index (χ2v) is 4.92. The van der Waals surface area contributed by atoms with Gasteiger partial charge in [0.2, 0.25) is 0 Å². The molecule has 1 heteroatoms. The molecule has 1 nitrogen and oxygen atoms in total. The zero-order valence-electron chi connectivity index (χ0n) is 9.54. The molecule has 1 saturated carbocycles. The largest absolute Gasteiger partial charge is 0.403 e. The molecule has 76 valence electrons. The molecule has 0 aliphatic heterocycles. The fourth-order valence-electron chi connectivity index (χ4n) is 2.74. The lowest BCUT2D eigenvalue weighted by molar-refractivity contribution is 0.352. The van der Waals surface area contributed by atoms with Crippen LogP contribution in [0.15, 0.2) is 11.8 Å². The van der Waals surface area contributed by atoms with E-state index in [0.717, 1.165) is 29.4 Å². The average Bonchev–Trinajstić information content (AvgIpc) is 2.22. The van der Waals surface area contributed by atoms with Gasteiger partial charge in [-0.1, -0.05) is 33.8 Å². The van der Waals surface area contributed by atoms with E-state index in [-0.39, 0.29) is 0 Å². The summed E-state index contributed by atoms with van der Waals surface area (Å²) >= 11 is 0. The van der Waals surface area contributed by atoms with Crippen LogP contribution >= 0.6 is 0 Å². The molecule has 0 aromatic heterocycles. The summed E-state index contributed by atoms with van der Waals surface area (Å²) in [5, 5.41) is 0. The van der Waals surface area contributed by atoms with E-state index in [4.69, 9.17) is 5.73 Å². The van der Waals surface area contributed by atoms with Gasteiger partial charge in [-0.2, -0.15) is 0 Å². The van der Waals surface area contributed by atoms with Crippen molar-refractivity contribution in [1.29, 1.82) is 0 Å². The normalized spacial score (nSPS) is 46.8. The van der Waals surface area contributed by atoms with Crippen molar-refractivity contribution >= 4 is 0 Å². The van der Waals surface area contributed by atoms with E-state index in [9.17, 15) is 0 Å². The molecule has 0 spiro atoms. The molecule has 0 aromatic carbocycles. The van der Waals surface area contributed by atoms with Gasteiger partial charge in [0.15, 0.2) is 0 Å². The lowest BCUT2D eigenvalue weighted by Crippen LogP contribution is -2.12. The minimum absolute atomic E-state index is 0.690. The summed E-state index contributed by atoms with van der Waals surface area (Å²) in [6.07, 6.45) is 2.26. The van der Waals surface area contributed by atoms with Crippen molar-refractivity contribution in [3.05, 3.63) is 11.8 Å². The van der Waals surface area contributed by atoms with Crippen molar-refractivity contribution in [2.45, 2.75) is 34.6 Å². The van der Waals surface area contributed by atoms with Gasteiger partial charge in [0.25, 0.3) is 0 Å². The predicted octanol–water partition coefficient (Wildman–Crippen LogP) is 3.02. The van der Waals surface area contributed by atoms with Crippen molar-refractivity contribution in [3.8, 4) is 0 Å². The monoisotopic (exact) mass is 181 g/mol. The molecule has 1 fully saturated rings. The van der Waals surface area contributed by atoms with Gasteiger partial charge in [-0.25, -0.2) is 0 Å². The first-order chi connectivity index (χ1) is 5.95. The van der Waals surface area contributed by atoms with E-state index in [1.165, 1.54) is 0 Å². The predicted molar refractivity (Wildman–Crippen MR) is 58.1 cm³/mol. The maximum atomic E-state index is 5.75. The van der Waals surface area contributed by atoms with E-state index in [2.05, 4.69) is 33.8 Å². The molecule has 4 unspecified atom stereocenters. The molecule has 2 N–H and O–H groups in total. The molecular weight excluding hydrogens is 158 g/mol. The maximum absolute atomic E-state index is 5.75. The second-order valence-electron chi connectivity index (χ2n) is 4.92. The molecule has 4 atom stereocenters. The van der Waals surface area contributed by atoms with Crippen LogP contribution in [-0.4, -0.2) is 0 Å². The smallest absolute Gasteiger partial charge is 0.00114 e. The summed E-state index contributed by atoms with van der Waals surface area (Å²) in [6.45, 7) is 11.4. The molecule has 1 rings (SSSR count). The third kappa shape index (κ3) is 1.90. The number of hydrogen-bond donors (Lipinski definition) is 1. The third-order valence-electron chi connectivity index (χ3n) is 4.16. The number of nitrogens with two attached hydrogens (primary N) is 1. The van der Waals surface area contributed by atoms with Crippen LogP contribution in [-0.2, 0) is 0 Å². The van der Waals surface area contributed by atoms with Gasteiger partial charge < -0.3 is 5.73 Å². The van der Waals surface area contributed by atoms with Gasteiger partial charge >= 0.3 is 0 Å². The molecule has 13 heavy (non-hydrogen) atoms. The second kappa shape index (κ2) is 3.73. The van der Waals surface area contributed by atoms with Crippen LogP contribution in [0.3, 0.4) is 0 Å². The summed E-state index contributed by atoms with van der Waals surface area (Å²) in [5.41, 5.74) is 6.73. The van der Waals surface area contributed by atoms with Crippen LogP contribution in [0.4, 0.5) is 0 Å². The Kier molecular flexibility index (Phi) is 3.05. The molecule has 0 bridgehead atoms. The summed E-state index contributed by atoms with van der Waals surface area (Å²) in [7, 11) is 0.